The Bertz CT molecular complexity index is 3270. The van der Waals surface area contributed by atoms with Crippen LogP contribution in [-0.4, -0.2) is 110 Å². The Kier molecular flexibility index (Phi) is 25.2. The summed E-state index contributed by atoms with van der Waals surface area (Å²) in [4.78, 5) is 15.8. The molecule has 85 heavy (non-hydrogen) atoms. The van der Waals surface area contributed by atoms with E-state index >= 15 is 0 Å². The van der Waals surface area contributed by atoms with Crippen LogP contribution in [0.1, 0.15) is 97.5 Å². The van der Waals surface area contributed by atoms with Crippen LogP contribution in [0, 0.1) is 0 Å². The van der Waals surface area contributed by atoms with Crippen LogP contribution in [0.15, 0.2) is 197 Å². The lowest BCUT2D eigenvalue weighted by molar-refractivity contribution is 0.109. The fourth-order valence-corrected chi connectivity index (χ4v) is 8.79. The number of hydrogen-bond donors (Lipinski definition) is 2. The maximum absolute atomic E-state index is 11.1. The first kappa shape index (κ1) is 65.3. The van der Waals surface area contributed by atoms with E-state index in [1.54, 1.807) is 36.4 Å². The summed E-state index contributed by atoms with van der Waals surface area (Å²) in [5, 5.41) is 34.2. The standard InChI is InChI=1S/2C21H24N2O5.C15H17BrN2O2.C6H6O3/c2*1-5-15(23(2)3)19-17(18(24)20-16(25-4)11-12-26-20)21(22-28-19)27-13-14-9-7-6-8-10-14;1-4-12(18(2)3)14-13(16)15(17-20-14)19-10-11-8-6-5-7-9-11;1-8-5-2-3-9-6(5)4-7/h2*5-12,15,18,24H,1,13H2,2-4H3;4-9,12H,1,10H2,2-3H3;2-4H,1H3/t15-,18+;15-,18-;12-;/m000./s1. The van der Waals surface area contributed by atoms with Crippen LogP contribution in [0.25, 0.3) is 0 Å². The van der Waals surface area contributed by atoms with E-state index in [4.69, 9.17) is 55.2 Å². The molecule has 9 rings (SSSR count). The second-order valence-electron chi connectivity index (χ2n) is 18.9. The number of furan rings is 3. The molecule has 9 aromatic rings. The molecular formula is C63H71BrN6O15. The Morgan fingerprint density at radius 1 is 0.482 bits per heavy atom. The molecule has 0 spiro atoms. The number of halogens is 1. The predicted octanol–water partition coefficient (Wildman–Crippen LogP) is 12.4. The first-order valence-corrected chi connectivity index (χ1v) is 27.1. The molecule has 0 fully saturated rings. The normalized spacial score (nSPS) is 12.6. The minimum Gasteiger partial charge on any atom is -0.493 e. The van der Waals surface area contributed by atoms with Gasteiger partial charge in [0.25, 0.3) is 17.6 Å². The molecule has 2 N–H and O–H groups in total. The third-order valence-electron chi connectivity index (χ3n) is 12.7. The van der Waals surface area contributed by atoms with Gasteiger partial charge in [0.2, 0.25) is 5.76 Å². The number of rotatable bonds is 26. The molecule has 6 aromatic heterocycles. The number of aliphatic hydroxyl groups excluding tert-OH is 2. The number of carbonyl (C=O) groups excluding carboxylic acids is 1. The molecule has 0 unspecified atom stereocenters. The SMILES string of the molecule is C=C[C@@H](c1onc(OCc2ccccc2)c1Br)N(C)C.C=C[C@@H](c1onc(OCc2ccccc2)c1[C@@H](O)c1occc1OC)N(C)C.C=C[C@@H](c1onc(OCc2ccccc2)c1[C@H](O)c1occc1OC)N(C)C.COc1ccoc1C=O. The van der Waals surface area contributed by atoms with Gasteiger partial charge in [-0.15, -0.1) is 19.7 Å². The molecule has 0 saturated heterocycles. The summed E-state index contributed by atoms with van der Waals surface area (Å²) in [6, 6.07) is 33.4. The second-order valence-corrected chi connectivity index (χ2v) is 19.7. The van der Waals surface area contributed by atoms with Crippen molar-refractivity contribution in [2.75, 3.05) is 63.6 Å². The quantitative estimate of drug-likeness (QED) is 0.0378. The van der Waals surface area contributed by atoms with Gasteiger partial charge in [-0.25, -0.2) is 0 Å². The smallest absolute Gasteiger partial charge is 0.269 e. The zero-order chi connectivity index (χ0) is 61.4. The van der Waals surface area contributed by atoms with Crippen LogP contribution in [-0.2, 0) is 19.8 Å². The van der Waals surface area contributed by atoms with Crippen molar-refractivity contribution in [1.29, 1.82) is 0 Å². The number of methoxy groups -OCH3 is 3. The molecule has 0 aliphatic rings. The summed E-state index contributed by atoms with van der Waals surface area (Å²) in [6.45, 7) is 12.5. The third-order valence-corrected chi connectivity index (χ3v) is 13.4. The van der Waals surface area contributed by atoms with Crippen molar-refractivity contribution in [1.82, 2.24) is 30.2 Å². The van der Waals surface area contributed by atoms with Crippen LogP contribution < -0.4 is 28.4 Å². The van der Waals surface area contributed by atoms with Crippen LogP contribution >= 0.6 is 15.9 Å². The molecule has 0 aliphatic carbocycles. The molecule has 0 saturated carbocycles. The number of ether oxygens (including phenoxy) is 6. The Hall–Kier alpha value is -8.90. The van der Waals surface area contributed by atoms with Crippen molar-refractivity contribution in [2.24, 2.45) is 0 Å². The highest BCUT2D eigenvalue weighted by Crippen LogP contribution is 2.43. The van der Waals surface area contributed by atoms with Gasteiger partial charge in [0.15, 0.2) is 52.3 Å². The molecule has 0 aliphatic heterocycles. The van der Waals surface area contributed by atoms with Gasteiger partial charge in [-0.05, 0) is 90.4 Å². The number of aldehydes is 1. The molecule has 0 bridgehead atoms. The molecule has 3 aromatic carbocycles. The van der Waals surface area contributed by atoms with Crippen molar-refractivity contribution >= 4 is 22.2 Å². The average Bonchev–Trinajstić information content (AvgIpc) is 3.07. The highest BCUT2D eigenvalue weighted by Gasteiger charge is 2.35. The molecule has 0 radical (unpaired) electrons. The van der Waals surface area contributed by atoms with E-state index in [0.717, 1.165) is 21.2 Å². The zero-order valence-electron chi connectivity index (χ0n) is 48.8. The Morgan fingerprint density at radius 3 is 1.15 bits per heavy atom. The van der Waals surface area contributed by atoms with Crippen molar-refractivity contribution in [3.8, 4) is 34.9 Å². The summed E-state index contributed by atoms with van der Waals surface area (Å²) >= 11 is 3.48. The topological polar surface area (TPSA) is 240 Å². The van der Waals surface area contributed by atoms with Gasteiger partial charge < -0.3 is 65.5 Å². The number of benzene rings is 3. The van der Waals surface area contributed by atoms with E-state index in [2.05, 4.69) is 51.1 Å². The number of aliphatic hydroxyl groups is 2. The average molecular weight is 1230 g/mol. The van der Waals surface area contributed by atoms with E-state index in [1.165, 1.54) is 40.1 Å². The number of hydrogen-bond acceptors (Lipinski definition) is 21. The van der Waals surface area contributed by atoms with Gasteiger partial charge in [0.05, 0.1) is 69.4 Å². The van der Waals surface area contributed by atoms with Crippen molar-refractivity contribution < 1.29 is 70.2 Å². The van der Waals surface area contributed by atoms with E-state index in [1.807, 2.05) is 148 Å². The minimum absolute atomic E-state index is 0.0500. The summed E-state index contributed by atoms with van der Waals surface area (Å²) in [6.07, 6.45) is 7.76. The van der Waals surface area contributed by atoms with E-state index in [9.17, 15) is 15.0 Å². The Morgan fingerprint density at radius 2 is 0.812 bits per heavy atom. The monoisotopic (exact) mass is 1230 g/mol. The molecule has 0 amide bonds. The molecule has 21 nitrogen and oxygen atoms in total. The van der Waals surface area contributed by atoms with Crippen LogP contribution in [0.4, 0.5) is 0 Å². The van der Waals surface area contributed by atoms with Gasteiger partial charge >= 0.3 is 0 Å². The molecule has 22 heteroatoms. The fourth-order valence-electron chi connectivity index (χ4n) is 8.29. The Balaban J connectivity index is 0.000000192. The van der Waals surface area contributed by atoms with E-state index in [0.29, 0.717) is 64.4 Å². The maximum atomic E-state index is 11.1. The summed E-state index contributed by atoms with van der Waals surface area (Å²) in [5.74, 6) is 4.44. The maximum Gasteiger partial charge on any atom is 0.269 e. The lowest BCUT2D eigenvalue weighted by atomic mass is 10.0. The van der Waals surface area contributed by atoms with Crippen LogP contribution in [0.5, 0.6) is 34.9 Å². The summed E-state index contributed by atoms with van der Waals surface area (Å²) < 4.78 is 65.5. The number of nitrogens with zero attached hydrogens (tertiary/aromatic N) is 6. The van der Waals surface area contributed by atoms with Crippen molar-refractivity contribution in [3.05, 3.63) is 233 Å². The number of carbonyl (C=O) groups is 1. The highest BCUT2D eigenvalue weighted by atomic mass is 79.9. The highest BCUT2D eigenvalue weighted by molar-refractivity contribution is 9.10. The largest absolute Gasteiger partial charge is 0.493 e. The van der Waals surface area contributed by atoms with E-state index in [-0.39, 0.29) is 60.4 Å². The first-order chi connectivity index (χ1) is 41.1. The Labute approximate surface area is 501 Å². The number of aromatic nitrogens is 3. The third kappa shape index (κ3) is 17.1. The van der Waals surface area contributed by atoms with Crippen LogP contribution in [0.3, 0.4) is 0 Å². The lowest BCUT2D eigenvalue weighted by Crippen LogP contribution is -2.19. The first-order valence-electron chi connectivity index (χ1n) is 26.3. The van der Waals surface area contributed by atoms with Crippen molar-refractivity contribution in [2.45, 2.75) is 50.2 Å². The second kappa shape index (κ2) is 32.8. The van der Waals surface area contributed by atoms with Gasteiger partial charge in [-0.1, -0.05) is 109 Å². The molecule has 5 atom stereocenters. The van der Waals surface area contributed by atoms with E-state index < -0.39 is 12.2 Å². The van der Waals surface area contributed by atoms with Gasteiger partial charge in [-0.2, -0.15) is 0 Å². The summed E-state index contributed by atoms with van der Waals surface area (Å²) in [7, 11) is 15.9. The van der Waals surface area contributed by atoms with Gasteiger partial charge in [0.1, 0.15) is 36.5 Å². The fraction of sp³-hybridized carbons (Fsp3) is 0.270. The van der Waals surface area contributed by atoms with Gasteiger partial charge in [0, 0.05) is 18.2 Å². The molecule has 450 valence electrons. The van der Waals surface area contributed by atoms with Crippen LogP contribution in [0.2, 0.25) is 0 Å². The minimum atomic E-state index is -1.18. The zero-order valence-corrected chi connectivity index (χ0v) is 50.4. The summed E-state index contributed by atoms with van der Waals surface area (Å²) in [5.41, 5.74) is 3.77. The van der Waals surface area contributed by atoms with Gasteiger partial charge in [-0.3, -0.25) is 19.5 Å². The molecule has 6 heterocycles. The predicted molar refractivity (Wildman–Crippen MR) is 319 cm³/mol. The molecular weight excluding hydrogens is 1160 g/mol. The van der Waals surface area contributed by atoms with Crippen molar-refractivity contribution in [3.63, 3.8) is 0 Å². The number of likely N-dealkylation sites (N-methyl/N-ethyl adjacent to an activating group) is 3. The lowest BCUT2D eigenvalue weighted by Gasteiger charge is -2.20.